The summed E-state index contributed by atoms with van der Waals surface area (Å²) in [5.41, 5.74) is 1.07. The molecule has 0 nitrogen and oxygen atoms in total. The highest BCUT2D eigenvalue weighted by atomic mass is 35.5. The third-order valence-corrected chi connectivity index (χ3v) is 4.11. The third-order valence-electron chi connectivity index (χ3n) is 3.54. The Labute approximate surface area is 102 Å². The van der Waals surface area contributed by atoms with Gasteiger partial charge in [-0.05, 0) is 55.2 Å². The van der Waals surface area contributed by atoms with Gasteiger partial charge in [-0.1, -0.05) is 19.1 Å². The van der Waals surface area contributed by atoms with Gasteiger partial charge in [0.25, 0.3) is 0 Å². The van der Waals surface area contributed by atoms with E-state index in [4.69, 9.17) is 11.6 Å². The van der Waals surface area contributed by atoms with Crippen molar-refractivity contribution < 1.29 is 4.39 Å². The van der Waals surface area contributed by atoms with Crippen molar-refractivity contribution in [3.05, 3.63) is 35.6 Å². The molecule has 0 spiro atoms. The van der Waals surface area contributed by atoms with Gasteiger partial charge in [0.05, 0.1) is 0 Å². The average Bonchev–Trinajstić information content (AvgIpc) is 2.24. The lowest BCUT2D eigenvalue weighted by atomic mass is 9.79. The molecule has 1 aromatic rings. The van der Waals surface area contributed by atoms with Gasteiger partial charge in [-0.25, -0.2) is 4.39 Å². The van der Waals surface area contributed by atoms with Crippen LogP contribution in [-0.2, 0) is 6.42 Å². The van der Waals surface area contributed by atoms with Crippen LogP contribution in [0.15, 0.2) is 24.3 Å². The van der Waals surface area contributed by atoms with Crippen LogP contribution in [0.5, 0.6) is 0 Å². The summed E-state index contributed by atoms with van der Waals surface area (Å²) in [4.78, 5) is 0. The van der Waals surface area contributed by atoms with Gasteiger partial charge in [0.1, 0.15) is 5.82 Å². The largest absolute Gasteiger partial charge is 0.207 e. The number of hydrogen-bond acceptors (Lipinski definition) is 0. The van der Waals surface area contributed by atoms with Crippen LogP contribution < -0.4 is 0 Å². The second kappa shape index (κ2) is 5.18. The molecule has 0 amide bonds. The van der Waals surface area contributed by atoms with Crippen LogP contribution in [0.1, 0.15) is 31.7 Å². The summed E-state index contributed by atoms with van der Waals surface area (Å²) in [6, 6.07) is 6.89. The maximum Gasteiger partial charge on any atom is 0.123 e. The smallest absolute Gasteiger partial charge is 0.123 e. The van der Waals surface area contributed by atoms with E-state index < -0.39 is 0 Å². The van der Waals surface area contributed by atoms with Crippen LogP contribution in [0.25, 0.3) is 0 Å². The Kier molecular flexibility index (Phi) is 3.86. The zero-order valence-electron chi connectivity index (χ0n) is 9.63. The molecule has 3 unspecified atom stereocenters. The van der Waals surface area contributed by atoms with E-state index in [9.17, 15) is 4.39 Å². The van der Waals surface area contributed by atoms with E-state index in [0.717, 1.165) is 24.3 Å². The highest BCUT2D eigenvalue weighted by Gasteiger charge is 2.27. The first-order chi connectivity index (χ1) is 7.65. The normalized spacial score (nSPS) is 30.3. The molecule has 3 atom stereocenters. The molecule has 2 heteroatoms. The van der Waals surface area contributed by atoms with E-state index >= 15 is 0 Å². The topological polar surface area (TPSA) is 0 Å². The molecule has 1 saturated carbocycles. The molecule has 1 aliphatic carbocycles. The standard InChI is InChI=1S/C14H18ClF/c1-10-5-6-14(15)12(7-10)8-11-3-2-4-13(16)9-11/h2-4,9-10,12,14H,5-8H2,1H3. The van der Waals surface area contributed by atoms with Crippen LogP contribution in [-0.4, -0.2) is 5.38 Å². The molecular weight excluding hydrogens is 223 g/mol. The molecule has 0 bridgehead atoms. The average molecular weight is 241 g/mol. The van der Waals surface area contributed by atoms with Crippen LogP contribution in [0, 0.1) is 17.7 Å². The minimum absolute atomic E-state index is 0.146. The second-order valence-corrected chi connectivity index (χ2v) is 5.59. The van der Waals surface area contributed by atoms with Crippen molar-refractivity contribution in [2.45, 2.75) is 38.0 Å². The first-order valence-electron chi connectivity index (χ1n) is 6.03. The first kappa shape index (κ1) is 11.9. The number of alkyl halides is 1. The third kappa shape index (κ3) is 2.98. The molecule has 1 fully saturated rings. The van der Waals surface area contributed by atoms with Gasteiger partial charge in [0.15, 0.2) is 0 Å². The molecule has 0 N–H and O–H groups in total. The summed E-state index contributed by atoms with van der Waals surface area (Å²) in [5, 5.41) is 0.263. The Morgan fingerprint density at radius 1 is 1.38 bits per heavy atom. The fraction of sp³-hybridized carbons (Fsp3) is 0.571. The molecule has 0 heterocycles. The molecule has 1 aliphatic rings. The number of hydrogen-bond donors (Lipinski definition) is 0. The SMILES string of the molecule is CC1CCC(Cl)C(Cc2cccc(F)c2)C1. The van der Waals surface area contributed by atoms with Crippen LogP contribution in [0.2, 0.25) is 0 Å². The first-order valence-corrected chi connectivity index (χ1v) is 6.47. The summed E-state index contributed by atoms with van der Waals surface area (Å²) in [6.45, 7) is 2.28. The molecule has 0 aliphatic heterocycles. The van der Waals surface area contributed by atoms with Crippen molar-refractivity contribution in [1.29, 1.82) is 0 Å². The van der Waals surface area contributed by atoms with Crippen molar-refractivity contribution in [3.63, 3.8) is 0 Å². The van der Waals surface area contributed by atoms with Crippen LogP contribution in [0.3, 0.4) is 0 Å². The van der Waals surface area contributed by atoms with E-state index in [1.54, 1.807) is 12.1 Å². The maximum absolute atomic E-state index is 13.1. The quantitative estimate of drug-likeness (QED) is 0.672. The summed E-state index contributed by atoms with van der Waals surface area (Å²) in [7, 11) is 0. The second-order valence-electron chi connectivity index (χ2n) is 5.03. The molecule has 0 saturated heterocycles. The van der Waals surface area contributed by atoms with Crippen LogP contribution in [0.4, 0.5) is 4.39 Å². The summed E-state index contributed by atoms with van der Waals surface area (Å²) in [5.74, 6) is 1.12. The molecule has 0 aromatic heterocycles. The van der Waals surface area contributed by atoms with Crippen molar-refractivity contribution in [2.24, 2.45) is 11.8 Å². The van der Waals surface area contributed by atoms with E-state index in [1.165, 1.54) is 18.9 Å². The maximum atomic E-state index is 13.1. The number of benzene rings is 1. The lowest BCUT2D eigenvalue weighted by molar-refractivity contribution is 0.287. The number of rotatable bonds is 2. The summed E-state index contributed by atoms with van der Waals surface area (Å²) in [6.07, 6.45) is 4.41. The monoisotopic (exact) mass is 240 g/mol. The lowest BCUT2D eigenvalue weighted by Gasteiger charge is -2.31. The summed E-state index contributed by atoms with van der Waals surface area (Å²) >= 11 is 6.34. The van der Waals surface area contributed by atoms with Gasteiger partial charge in [0.2, 0.25) is 0 Å². The molecule has 16 heavy (non-hydrogen) atoms. The minimum atomic E-state index is -0.146. The fourth-order valence-electron chi connectivity index (χ4n) is 2.64. The van der Waals surface area contributed by atoms with E-state index in [-0.39, 0.29) is 11.2 Å². The van der Waals surface area contributed by atoms with E-state index in [1.807, 2.05) is 6.07 Å². The zero-order valence-corrected chi connectivity index (χ0v) is 10.4. The van der Waals surface area contributed by atoms with Gasteiger partial charge in [-0.3, -0.25) is 0 Å². The van der Waals surface area contributed by atoms with Crippen LogP contribution >= 0.6 is 11.6 Å². The fourth-order valence-corrected chi connectivity index (χ4v) is 2.96. The predicted octanol–water partition coefficient (Wildman–Crippen LogP) is 4.41. The van der Waals surface area contributed by atoms with Crippen molar-refractivity contribution in [2.75, 3.05) is 0 Å². The Morgan fingerprint density at radius 3 is 2.94 bits per heavy atom. The molecule has 2 rings (SSSR count). The van der Waals surface area contributed by atoms with Crippen molar-refractivity contribution >= 4 is 11.6 Å². The molecule has 1 aromatic carbocycles. The van der Waals surface area contributed by atoms with E-state index in [0.29, 0.717) is 5.92 Å². The zero-order chi connectivity index (χ0) is 11.5. The predicted molar refractivity (Wildman–Crippen MR) is 66.3 cm³/mol. The van der Waals surface area contributed by atoms with Gasteiger partial charge < -0.3 is 0 Å². The molecule has 88 valence electrons. The van der Waals surface area contributed by atoms with Gasteiger partial charge >= 0.3 is 0 Å². The lowest BCUT2D eigenvalue weighted by Crippen LogP contribution is -2.25. The van der Waals surface area contributed by atoms with Gasteiger partial charge in [0, 0.05) is 5.38 Å². The molecular formula is C14H18ClF. The molecule has 0 radical (unpaired) electrons. The Morgan fingerprint density at radius 2 is 2.19 bits per heavy atom. The van der Waals surface area contributed by atoms with E-state index in [2.05, 4.69) is 6.92 Å². The summed E-state index contributed by atoms with van der Waals surface area (Å²) < 4.78 is 13.1. The van der Waals surface area contributed by atoms with Gasteiger partial charge in [-0.2, -0.15) is 0 Å². The van der Waals surface area contributed by atoms with Gasteiger partial charge in [-0.15, -0.1) is 11.6 Å². The highest BCUT2D eigenvalue weighted by Crippen LogP contribution is 2.34. The minimum Gasteiger partial charge on any atom is -0.207 e. The van der Waals surface area contributed by atoms with Crippen molar-refractivity contribution in [3.8, 4) is 0 Å². The van der Waals surface area contributed by atoms with Crippen molar-refractivity contribution in [1.82, 2.24) is 0 Å². The Balaban J connectivity index is 2.02. The number of halogens is 2. The Hall–Kier alpha value is -0.560. The Bertz CT molecular complexity index is 350. The highest BCUT2D eigenvalue weighted by molar-refractivity contribution is 6.20.